The summed E-state index contributed by atoms with van der Waals surface area (Å²) < 4.78 is 0. The summed E-state index contributed by atoms with van der Waals surface area (Å²) in [5.74, 6) is -0.744. The Morgan fingerprint density at radius 1 is 1.04 bits per heavy atom. The van der Waals surface area contributed by atoms with Crippen LogP contribution in [-0.2, 0) is 16.1 Å². The Balaban J connectivity index is 1.47. The average molecular weight is 384 g/mol. The van der Waals surface area contributed by atoms with Gasteiger partial charge in [-0.2, -0.15) is 0 Å². The molecule has 4 rings (SSSR count). The van der Waals surface area contributed by atoms with Gasteiger partial charge in [-0.3, -0.25) is 24.6 Å². The number of fused-ring (bicyclic) bond motifs is 1. The van der Waals surface area contributed by atoms with Gasteiger partial charge >= 0.3 is 0 Å². The fourth-order valence-corrected chi connectivity index (χ4v) is 4.39. The lowest BCUT2D eigenvalue weighted by Crippen LogP contribution is -2.53. The number of anilines is 1. The minimum atomic E-state index is -0.559. The molecule has 0 radical (unpaired) electrons. The number of benzene rings is 1. The van der Waals surface area contributed by atoms with Gasteiger partial charge in [0.05, 0.1) is 0 Å². The van der Waals surface area contributed by atoms with Crippen LogP contribution in [0.2, 0.25) is 0 Å². The fraction of sp³-hybridized carbons (Fsp3) is 0.571. The van der Waals surface area contributed by atoms with Crippen molar-refractivity contribution in [2.75, 3.05) is 31.1 Å². The van der Waals surface area contributed by atoms with Crippen LogP contribution in [0.5, 0.6) is 0 Å². The lowest BCUT2D eigenvalue weighted by atomic mass is 10.0. The van der Waals surface area contributed by atoms with E-state index in [9.17, 15) is 14.4 Å². The molecule has 28 heavy (non-hydrogen) atoms. The number of hydrogen-bond acceptors (Lipinski definition) is 5. The molecule has 0 unspecified atom stereocenters. The van der Waals surface area contributed by atoms with Crippen molar-refractivity contribution in [3.8, 4) is 0 Å². The van der Waals surface area contributed by atoms with E-state index in [1.807, 2.05) is 12.1 Å². The number of carbonyl (C=O) groups excluding carboxylic acids is 3. The Kier molecular flexibility index (Phi) is 4.65. The number of hydrogen-bond donors (Lipinski definition) is 1. The normalized spacial score (nSPS) is 23.8. The van der Waals surface area contributed by atoms with Gasteiger partial charge in [-0.15, -0.1) is 0 Å². The van der Waals surface area contributed by atoms with Crippen LogP contribution in [0, 0.1) is 0 Å². The number of nitrogens with zero attached hydrogens (tertiary/aromatic N) is 3. The van der Waals surface area contributed by atoms with E-state index in [2.05, 4.69) is 42.0 Å². The number of nitrogens with one attached hydrogen (secondary N) is 1. The molecule has 7 nitrogen and oxygen atoms in total. The zero-order chi connectivity index (χ0) is 20.1. The van der Waals surface area contributed by atoms with Crippen molar-refractivity contribution in [2.24, 2.45) is 0 Å². The summed E-state index contributed by atoms with van der Waals surface area (Å²) in [5.41, 5.74) is 2.94. The molecule has 2 saturated heterocycles. The molecule has 0 saturated carbocycles. The summed E-state index contributed by atoms with van der Waals surface area (Å²) in [7, 11) is 0. The van der Waals surface area contributed by atoms with Gasteiger partial charge < -0.3 is 9.80 Å². The van der Waals surface area contributed by atoms with Crippen LogP contribution in [0.4, 0.5) is 5.69 Å². The molecular weight excluding hydrogens is 356 g/mol. The van der Waals surface area contributed by atoms with Crippen LogP contribution in [0.3, 0.4) is 0 Å². The minimum Gasteiger partial charge on any atom is -0.369 e. The van der Waals surface area contributed by atoms with Crippen LogP contribution >= 0.6 is 0 Å². The third-order valence-electron chi connectivity index (χ3n) is 6.10. The average Bonchev–Trinajstić information content (AvgIpc) is 2.97. The molecule has 2 fully saturated rings. The summed E-state index contributed by atoms with van der Waals surface area (Å²) in [6.07, 6.45) is 0.672. The monoisotopic (exact) mass is 384 g/mol. The predicted molar refractivity (Wildman–Crippen MR) is 106 cm³/mol. The maximum absolute atomic E-state index is 12.8. The highest BCUT2D eigenvalue weighted by Gasteiger charge is 2.39. The fourth-order valence-electron chi connectivity index (χ4n) is 4.39. The van der Waals surface area contributed by atoms with Gasteiger partial charge in [-0.05, 0) is 51.0 Å². The van der Waals surface area contributed by atoms with E-state index in [1.54, 1.807) is 4.90 Å². The largest absolute Gasteiger partial charge is 0.369 e. The molecule has 0 aromatic heterocycles. The topological polar surface area (TPSA) is 73.0 Å². The first-order valence-corrected chi connectivity index (χ1v) is 10.0. The first kappa shape index (κ1) is 18.9. The van der Waals surface area contributed by atoms with Gasteiger partial charge in [0, 0.05) is 55.9 Å². The van der Waals surface area contributed by atoms with Gasteiger partial charge in [0.1, 0.15) is 6.04 Å². The van der Waals surface area contributed by atoms with Crippen LogP contribution < -0.4 is 10.2 Å². The van der Waals surface area contributed by atoms with E-state index in [1.165, 1.54) is 0 Å². The Morgan fingerprint density at radius 2 is 1.75 bits per heavy atom. The van der Waals surface area contributed by atoms with Crippen LogP contribution in [0.15, 0.2) is 18.2 Å². The molecule has 3 heterocycles. The zero-order valence-electron chi connectivity index (χ0n) is 16.8. The summed E-state index contributed by atoms with van der Waals surface area (Å²) >= 11 is 0. The van der Waals surface area contributed by atoms with Crippen molar-refractivity contribution in [1.29, 1.82) is 0 Å². The van der Waals surface area contributed by atoms with Crippen LogP contribution in [0.1, 0.15) is 49.5 Å². The minimum absolute atomic E-state index is 0.117. The molecule has 3 aliphatic heterocycles. The molecule has 1 aromatic carbocycles. The number of rotatable bonds is 2. The first-order chi connectivity index (χ1) is 13.2. The Labute approximate surface area is 165 Å². The van der Waals surface area contributed by atoms with Crippen molar-refractivity contribution < 1.29 is 14.4 Å². The van der Waals surface area contributed by atoms with Crippen molar-refractivity contribution in [3.63, 3.8) is 0 Å². The summed E-state index contributed by atoms with van der Waals surface area (Å²) in [4.78, 5) is 42.8. The third-order valence-corrected chi connectivity index (χ3v) is 6.10. The molecule has 3 aliphatic rings. The van der Waals surface area contributed by atoms with E-state index >= 15 is 0 Å². The smallest absolute Gasteiger partial charge is 0.255 e. The van der Waals surface area contributed by atoms with Crippen LogP contribution in [0.25, 0.3) is 0 Å². The molecule has 0 spiro atoms. The van der Waals surface area contributed by atoms with E-state index in [0.717, 1.165) is 37.4 Å². The second-order valence-electron chi connectivity index (χ2n) is 8.89. The lowest BCUT2D eigenvalue weighted by Gasteiger charge is -2.43. The molecule has 0 aliphatic carbocycles. The molecule has 7 heteroatoms. The van der Waals surface area contributed by atoms with Crippen molar-refractivity contribution in [3.05, 3.63) is 29.3 Å². The SMILES string of the molecule is CC(C)(C)N1CCN(c2ccc3c(c2)CN([C@@H]2CCC(=O)NC2=O)C3=O)CC1. The molecule has 1 N–H and O–H groups in total. The lowest BCUT2D eigenvalue weighted by molar-refractivity contribution is -0.136. The molecule has 3 amide bonds. The summed E-state index contributed by atoms with van der Waals surface area (Å²) in [6, 6.07) is 5.43. The van der Waals surface area contributed by atoms with Crippen molar-refractivity contribution in [2.45, 2.75) is 51.7 Å². The number of imide groups is 1. The molecular formula is C21H28N4O3. The first-order valence-electron chi connectivity index (χ1n) is 10.0. The van der Waals surface area contributed by atoms with Gasteiger partial charge in [0.15, 0.2) is 0 Å². The maximum atomic E-state index is 12.8. The number of piperazine rings is 1. The maximum Gasteiger partial charge on any atom is 0.255 e. The van der Waals surface area contributed by atoms with E-state index in [4.69, 9.17) is 0 Å². The summed E-state index contributed by atoms with van der Waals surface area (Å²) in [6.45, 7) is 11.1. The Bertz CT molecular complexity index is 821. The molecule has 0 bridgehead atoms. The Morgan fingerprint density at radius 3 is 2.39 bits per heavy atom. The van der Waals surface area contributed by atoms with Gasteiger partial charge in [0.25, 0.3) is 5.91 Å². The number of piperidine rings is 1. The molecule has 1 atom stereocenters. The Hall–Kier alpha value is -2.41. The summed E-state index contributed by atoms with van der Waals surface area (Å²) in [5, 5.41) is 2.35. The number of carbonyl (C=O) groups is 3. The van der Waals surface area contributed by atoms with E-state index < -0.39 is 6.04 Å². The second kappa shape index (κ2) is 6.88. The quantitative estimate of drug-likeness (QED) is 0.780. The van der Waals surface area contributed by atoms with Crippen molar-refractivity contribution in [1.82, 2.24) is 15.1 Å². The highest BCUT2D eigenvalue weighted by molar-refractivity contribution is 6.05. The highest BCUT2D eigenvalue weighted by Crippen LogP contribution is 2.31. The van der Waals surface area contributed by atoms with Crippen molar-refractivity contribution >= 4 is 23.4 Å². The molecule has 1 aromatic rings. The standard InChI is InChI=1S/C21H28N4O3/c1-21(2,3)24-10-8-23(9-11-24)15-4-5-16-14(12-15)13-25(20(16)28)17-6-7-18(26)22-19(17)27/h4-5,12,17H,6-11,13H2,1-3H3,(H,22,26,27)/t17-/m1/s1. The zero-order valence-corrected chi connectivity index (χ0v) is 16.8. The van der Waals surface area contributed by atoms with Gasteiger partial charge in [0.2, 0.25) is 11.8 Å². The highest BCUT2D eigenvalue weighted by atomic mass is 16.2. The number of amides is 3. The van der Waals surface area contributed by atoms with Gasteiger partial charge in [-0.1, -0.05) is 0 Å². The van der Waals surface area contributed by atoms with Crippen LogP contribution in [-0.4, -0.2) is 65.3 Å². The van der Waals surface area contributed by atoms with E-state index in [-0.39, 0.29) is 29.7 Å². The molecule has 150 valence electrons. The van der Waals surface area contributed by atoms with E-state index in [0.29, 0.717) is 18.5 Å². The third kappa shape index (κ3) is 3.39. The second-order valence-corrected chi connectivity index (χ2v) is 8.89. The van der Waals surface area contributed by atoms with Gasteiger partial charge in [-0.25, -0.2) is 0 Å². The predicted octanol–water partition coefficient (Wildman–Crippen LogP) is 1.37.